The summed E-state index contributed by atoms with van der Waals surface area (Å²) in [6.45, 7) is 4.16. The summed E-state index contributed by atoms with van der Waals surface area (Å²) in [4.78, 5) is 11.3. The van der Waals surface area contributed by atoms with Crippen molar-refractivity contribution in [3.05, 3.63) is 36.4 Å². The van der Waals surface area contributed by atoms with Gasteiger partial charge in [-0.05, 0) is 36.6 Å². The van der Waals surface area contributed by atoms with Gasteiger partial charge in [0, 0.05) is 11.0 Å². The number of carbonyl (C=O) groups excluding carboxylic acids is 1. The number of alkyl halides is 4. The first-order chi connectivity index (χ1) is 10.4. The van der Waals surface area contributed by atoms with Gasteiger partial charge in [-0.15, -0.1) is 6.58 Å². The Labute approximate surface area is 135 Å². The summed E-state index contributed by atoms with van der Waals surface area (Å²) in [5.74, 6) is -0.459. The summed E-state index contributed by atoms with van der Waals surface area (Å²) in [5.41, 5.74) is 1.06. The Kier molecular flexibility index (Phi) is 7.44. The van der Waals surface area contributed by atoms with Gasteiger partial charge in [0.15, 0.2) is 0 Å². The van der Waals surface area contributed by atoms with Crippen LogP contribution in [0.15, 0.2) is 30.9 Å². The van der Waals surface area contributed by atoms with Crippen molar-refractivity contribution in [3.8, 4) is 5.75 Å². The van der Waals surface area contributed by atoms with E-state index >= 15 is 0 Å². The Bertz CT molecular complexity index is 518. The van der Waals surface area contributed by atoms with E-state index in [0.717, 1.165) is 17.3 Å². The van der Waals surface area contributed by atoms with Gasteiger partial charge in [-0.3, -0.25) is 4.79 Å². The summed E-state index contributed by atoms with van der Waals surface area (Å²) < 4.78 is 42.0. The molecule has 0 heterocycles. The number of nitrogens with one attached hydrogen (secondary N) is 1. The quantitative estimate of drug-likeness (QED) is 0.411. The third-order valence-corrected chi connectivity index (χ3v) is 3.17. The normalized spacial score (nSPS) is 11.1. The van der Waals surface area contributed by atoms with Crippen molar-refractivity contribution in [1.82, 2.24) is 0 Å². The zero-order valence-electron chi connectivity index (χ0n) is 11.9. The van der Waals surface area contributed by atoms with Crippen LogP contribution in [0.5, 0.6) is 5.75 Å². The number of ether oxygens (including phenoxy) is 1. The van der Waals surface area contributed by atoms with Crippen molar-refractivity contribution in [1.29, 1.82) is 0 Å². The second-order valence-electron chi connectivity index (χ2n) is 4.55. The topological polar surface area (TPSA) is 38.3 Å². The minimum absolute atomic E-state index is 0.305. The average molecular weight is 380 g/mol. The van der Waals surface area contributed by atoms with E-state index in [1.165, 1.54) is 6.07 Å². The SMILES string of the molecule is C=CCc1cc(NC(=O)CC(F)(F)F)ccc1OCCCBr. The molecule has 0 bridgehead atoms. The maximum atomic E-state index is 12.1. The number of carbonyl (C=O) groups is 1. The number of benzene rings is 1. The molecule has 0 radical (unpaired) electrons. The lowest BCUT2D eigenvalue weighted by atomic mass is 10.1. The molecule has 0 aliphatic rings. The third kappa shape index (κ3) is 6.98. The van der Waals surface area contributed by atoms with Crippen LogP contribution in [-0.4, -0.2) is 24.0 Å². The smallest absolute Gasteiger partial charge is 0.397 e. The van der Waals surface area contributed by atoms with E-state index in [9.17, 15) is 18.0 Å². The highest BCUT2D eigenvalue weighted by atomic mass is 79.9. The number of hydrogen-bond acceptors (Lipinski definition) is 2. The van der Waals surface area contributed by atoms with Gasteiger partial charge in [0.2, 0.25) is 5.91 Å². The Morgan fingerprint density at radius 2 is 2.14 bits per heavy atom. The zero-order chi connectivity index (χ0) is 16.6. The van der Waals surface area contributed by atoms with Gasteiger partial charge in [0.05, 0.1) is 6.61 Å². The summed E-state index contributed by atoms with van der Waals surface area (Å²) in [6.07, 6.45) is -3.04. The molecule has 0 atom stereocenters. The lowest BCUT2D eigenvalue weighted by Gasteiger charge is -2.13. The van der Waals surface area contributed by atoms with Crippen LogP contribution in [0.2, 0.25) is 0 Å². The highest BCUT2D eigenvalue weighted by molar-refractivity contribution is 9.09. The molecular formula is C15H17BrF3NO2. The molecule has 1 aromatic carbocycles. The van der Waals surface area contributed by atoms with E-state index in [1.807, 2.05) is 0 Å². The van der Waals surface area contributed by atoms with Crippen molar-refractivity contribution >= 4 is 27.5 Å². The van der Waals surface area contributed by atoms with E-state index in [2.05, 4.69) is 27.8 Å². The van der Waals surface area contributed by atoms with Crippen LogP contribution in [0.4, 0.5) is 18.9 Å². The molecule has 7 heteroatoms. The van der Waals surface area contributed by atoms with Crippen molar-refractivity contribution < 1.29 is 22.7 Å². The summed E-state index contributed by atoms with van der Waals surface area (Å²) >= 11 is 3.30. The minimum Gasteiger partial charge on any atom is -0.493 e. The standard InChI is InChI=1S/C15H17BrF3NO2/c1-2-4-11-9-12(20-14(21)10-15(17,18)19)5-6-13(11)22-8-3-7-16/h2,5-6,9H,1,3-4,7-8,10H2,(H,20,21). The molecule has 0 aromatic heterocycles. The summed E-state index contributed by atoms with van der Waals surface area (Å²) in [7, 11) is 0. The van der Waals surface area contributed by atoms with Gasteiger partial charge in [-0.1, -0.05) is 22.0 Å². The number of allylic oxidation sites excluding steroid dienone is 1. The second kappa shape index (κ2) is 8.82. The summed E-state index contributed by atoms with van der Waals surface area (Å²) in [5, 5.41) is 3.05. The Hall–Kier alpha value is -1.50. The van der Waals surface area contributed by atoms with Crippen LogP contribution in [-0.2, 0) is 11.2 Å². The largest absolute Gasteiger partial charge is 0.493 e. The molecule has 0 aliphatic heterocycles. The molecule has 1 aromatic rings. The molecule has 1 amide bonds. The van der Waals surface area contributed by atoms with Gasteiger partial charge in [-0.2, -0.15) is 13.2 Å². The molecule has 0 saturated heterocycles. The lowest BCUT2D eigenvalue weighted by molar-refractivity contribution is -0.150. The van der Waals surface area contributed by atoms with E-state index in [4.69, 9.17) is 4.74 Å². The predicted octanol–water partition coefficient (Wildman–Crippen LogP) is 4.47. The van der Waals surface area contributed by atoms with Crippen molar-refractivity contribution in [2.24, 2.45) is 0 Å². The van der Waals surface area contributed by atoms with Gasteiger partial charge < -0.3 is 10.1 Å². The van der Waals surface area contributed by atoms with Crippen LogP contribution in [0.1, 0.15) is 18.4 Å². The minimum atomic E-state index is -4.52. The monoisotopic (exact) mass is 379 g/mol. The number of anilines is 1. The van der Waals surface area contributed by atoms with Crippen LogP contribution in [0.25, 0.3) is 0 Å². The van der Waals surface area contributed by atoms with E-state index in [0.29, 0.717) is 24.5 Å². The molecule has 122 valence electrons. The summed E-state index contributed by atoms with van der Waals surface area (Å²) in [6, 6.07) is 4.75. The number of hydrogen-bond donors (Lipinski definition) is 1. The van der Waals surface area contributed by atoms with Crippen molar-refractivity contribution in [3.63, 3.8) is 0 Å². The van der Waals surface area contributed by atoms with E-state index < -0.39 is 18.5 Å². The number of halogens is 4. The number of amides is 1. The fourth-order valence-electron chi connectivity index (χ4n) is 1.74. The first-order valence-corrected chi connectivity index (χ1v) is 7.77. The maximum absolute atomic E-state index is 12.1. The molecule has 0 unspecified atom stereocenters. The fraction of sp³-hybridized carbons (Fsp3) is 0.400. The molecule has 0 fully saturated rings. The van der Waals surface area contributed by atoms with Gasteiger partial charge in [0.1, 0.15) is 12.2 Å². The maximum Gasteiger partial charge on any atom is 0.397 e. The van der Waals surface area contributed by atoms with E-state index in [-0.39, 0.29) is 0 Å². The Morgan fingerprint density at radius 1 is 1.41 bits per heavy atom. The van der Waals surface area contributed by atoms with Crippen molar-refractivity contribution in [2.45, 2.75) is 25.4 Å². The molecule has 0 saturated carbocycles. The van der Waals surface area contributed by atoms with Gasteiger partial charge in [0.25, 0.3) is 0 Å². The lowest BCUT2D eigenvalue weighted by Crippen LogP contribution is -2.21. The zero-order valence-corrected chi connectivity index (χ0v) is 13.5. The predicted molar refractivity (Wildman–Crippen MR) is 83.6 cm³/mol. The van der Waals surface area contributed by atoms with E-state index in [1.54, 1.807) is 18.2 Å². The molecule has 3 nitrogen and oxygen atoms in total. The highest BCUT2D eigenvalue weighted by Gasteiger charge is 2.31. The molecule has 1 N–H and O–H groups in total. The Balaban J connectivity index is 2.78. The molecule has 22 heavy (non-hydrogen) atoms. The van der Waals surface area contributed by atoms with Crippen LogP contribution in [0.3, 0.4) is 0 Å². The first-order valence-electron chi connectivity index (χ1n) is 6.65. The van der Waals surface area contributed by atoms with Gasteiger partial charge >= 0.3 is 6.18 Å². The van der Waals surface area contributed by atoms with Gasteiger partial charge in [-0.25, -0.2) is 0 Å². The third-order valence-electron chi connectivity index (χ3n) is 2.61. The molecule has 0 aliphatic carbocycles. The first kappa shape index (κ1) is 18.5. The van der Waals surface area contributed by atoms with Crippen LogP contribution >= 0.6 is 15.9 Å². The highest BCUT2D eigenvalue weighted by Crippen LogP contribution is 2.25. The molecular weight excluding hydrogens is 363 g/mol. The molecule has 0 spiro atoms. The average Bonchev–Trinajstić information content (AvgIpc) is 2.39. The number of rotatable bonds is 8. The second-order valence-corrected chi connectivity index (χ2v) is 5.34. The van der Waals surface area contributed by atoms with Crippen molar-refractivity contribution in [2.75, 3.05) is 17.3 Å². The van der Waals surface area contributed by atoms with Crippen LogP contribution < -0.4 is 10.1 Å². The molecule has 1 rings (SSSR count). The van der Waals surface area contributed by atoms with Crippen LogP contribution in [0, 0.1) is 0 Å². The Morgan fingerprint density at radius 3 is 2.73 bits per heavy atom. The fourth-order valence-corrected chi connectivity index (χ4v) is 1.97.